The predicted octanol–water partition coefficient (Wildman–Crippen LogP) is 4.29. The topological polar surface area (TPSA) is 107 Å². The van der Waals surface area contributed by atoms with Crippen LogP contribution >= 0.6 is 0 Å². The summed E-state index contributed by atoms with van der Waals surface area (Å²) in [5, 5.41) is 28.0. The molecule has 0 bridgehead atoms. The second-order valence-electron chi connectivity index (χ2n) is 8.20. The van der Waals surface area contributed by atoms with Crippen LogP contribution in [0.1, 0.15) is 6.42 Å². The molecule has 0 radical (unpaired) electrons. The van der Waals surface area contributed by atoms with E-state index in [1.165, 1.54) is 0 Å². The summed E-state index contributed by atoms with van der Waals surface area (Å²) in [5.74, 6) is 1.27. The molecule has 0 unspecified atom stereocenters. The van der Waals surface area contributed by atoms with E-state index in [-0.39, 0.29) is 22.9 Å². The van der Waals surface area contributed by atoms with Gasteiger partial charge in [-0.15, -0.1) is 4.91 Å². The monoisotopic (exact) mass is 466 g/mol. The van der Waals surface area contributed by atoms with Crippen LogP contribution in [0.25, 0.3) is 10.8 Å². The molecule has 0 saturated carbocycles. The summed E-state index contributed by atoms with van der Waals surface area (Å²) in [6.07, 6.45) is 0.803. The van der Waals surface area contributed by atoms with Crippen molar-refractivity contribution in [2.24, 2.45) is 5.18 Å². The van der Waals surface area contributed by atoms with Crippen molar-refractivity contribution in [3.63, 3.8) is 0 Å². The summed E-state index contributed by atoms with van der Waals surface area (Å²) < 4.78 is 10.8. The molecule has 1 fully saturated rings. The van der Waals surface area contributed by atoms with Gasteiger partial charge in [-0.25, -0.2) is 0 Å². The molecular formula is C25H30N4O5. The van der Waals surface area contributed by atoms with Gasteiger partial charge >= 0.3 is 0 Å². The molecule has 0 atom stereocenters. The first-order valence-corrected chi connectivity index (χ1v) is 11.3. The average molecular weight is 467 g/mol. The van der Waals surface area contributed by atoms with Crippen molar-refractivity contribution in [2.75, 3.05) is 63.7 Å². The molecule has 1 aliphatic heterocycles. The fraction of sp³-hybridized carbons (Fsp3) is 0.360. The van der Waals surface area contributed by atoms with Gasteiger partial charge in [-0.1, -0.05) is 24.3 Å². The number of hydrogen-bond donors (Lipinski definition) is 3. The second kappa shape index (κ2) is 10.5. The number of nitrogens with zero attached hydrogens (tertiary/aromatic N) is 3. The predicted molar refractivity (Wildman–Crippen MR) is 134 cm³/mol. The minimum absolute atomic E-state index is 0.0787. The summed E-state index contributed by atoms with van der Waals surface area (Å²) in [5.41, 5.74) is 1.06. The third kappa shape index (κ3) is 4.65. The van der Waals surface area contributed by atoms with Crippen LogP contribution in [0.3, 0.4) is 0 Å². The molecule has 180 valence electrons. The molecule has 0 spiro atoms. The van der Waals surface area contributed by atoms with Crippen LogP contribution in [0.2, 0.25) is 0 Å². The summed E-state index contributed by atoms with van der Waals surface area (Å²) in [7, 11) is 3.31. The average Bonchev–Trinajstić information content (AvgIpc) is 2.89. The third-order valence-corrected chi connectivity index (χ3v) is 6.28. The fourth-order valence-corrected chi connectivity index (χ4v) is 4.42. The number of rotatable bonds is 9. The van der Waals surface area contributed by atoms with Gasteiger partial charge in [0.05, 0.1) is 19.9 Å². The number of ether oxygens (including phenoxy) is 2. The molecule has 4 rings (SSSR count). The highest BCUT2D eigenvalue weighted by Gasteiger charge is 2.21. The van der Waals surface area contributed by atoms with E-state index >= 15 is 0 Å². The number of nitroso groups, excluding NO2 is 1. The van der Waals surface area contributed by atoms with Gasteiger partial charge in [0.25, 0.3) is 0 Å². The zero-order valence-electron chi connectivity index (χ0n) is 19.5. The van der Waals surface area contributed by atoms with E-state index in [2.05, 4.69) is 20.3 Å². The van der Waals surface area contributed by atoms with Crippen LogP contribution in [-0.4, -0.2) is 68.6 Å². The fourth-order valence-electron chi connectivity index (χ4n) is 4.42. The normalized spacial score (nSPS) is 14.2. The molecule has 3 N–H and O–H groups in total. The number of phenolic OH excluding ortho intramolecular Hbond substituents is 2. The van der Waals surface area contributed by atoms with Crippen LogP contribution in [0.4, 0.5) is 17.1 Å². The number of hydrogen-bond acceptors (Lipinski definition) is 9. The first kappa shape index (κ1) is 23.4. The smallest absolute Gasteiger partial charge is 0.177 e. The number of methoxy groups -OCH3 is 2. The Balaban J connectivity index is 1.32. The standard InChI is InChI=1S/C25H30N4O5/c1-33-17-8-9-20(21(16-17)34-2)29-14-12-28(13-15-29)11-5-10-26-22-23(27-32)25(31)19-7-4-3-6-18(19)24(22)30/h3-4,6-9,16,26,30-31H,5,10-15H2,1-2H3. The maximum Gasteiger partial charge on any atom is 0.177 e. The SMILES string of the molecule is COc1ccc(N2CCN(CCCNc3c(N=O)c(O)c4ccccc4c3O)CC2)c(OC)c1. The quantitative estimate of drug-likeness (QED) is 0.186. The molecule has 0 aromatic heterocycles. The van der Waals surface area contributed by atoms with Crippen molar-refractivity contribution in [1.82, 2.24) is 4.90 Å². The maximum absolute atomic E-state index is 11.4. The molecule has 1 heterocycles. The van der Waals surface area contributed by atoms with Gasteiger partial charge < -0.3 is 29.9 Å². The van der Waals surface area contributed by atoms with E-state index in [4.69, 9.17) is 9.47 Å². The molecule has 1 aliphatic rings. The van der Waals surface area contributed by atoms with Gasteiger partial charge in [0.15, 0.2) is 11.4 Å². The van der Waals surface area contributed by atoms with Gasteiger partial charge in [-0.3, -0.25) is 4.90 Å². The van der Waals surface area contributed by atoms with Crippen LogP contribution in [0.15, 0.2) is 47.6 Å². The molecule has 3 aromatic carbocycles. The van der Waals surface area contributed by atoms with Gasteiger partial charge in [0.2, 0.25) is 0 Å². The second-order valence-corrected chi connectivity index (χ2v) is 8.20. The maximum atomic E-state index is 11.4. The summed E-state index contributed by atoms with van der Waals surface area (Å²) in [6.45, 7) is 4.99. The Morgan fingerprint density at radius 1 is 0.971 bits per heavy atom. The molecule has 9 nitrogen and oxygen atoms in total. The Morgan fingerprint density at radius 3 is 2.32 bits per heavy atom. The zero-order chi connectivity index (χ0) is 24.1. The van der Waals surface area contributed by atoms with Crippen molar-refractivity contribution < 1.29 is 19.7 Å². The van der Waals surface area contributed by atoms with Gasteiger partial charge in [-0.05, 0) is 30.3 Å². The number of aromatic hydroxyl groups is 2. The van der Waals surface area contributed by atoms with Crippen LogP contribution in [0.5, 0.6) is 23.0 Å². The minimum atomic E-state index is -0.226. The molecule has 34 heavy (non-hydrogen) atoms. The number of piperazine rings is 1. The van der Waals surface area contributed by atoms with E-state index in [1.54, 1.807) is 38.5 Å². The molecule has 9 heteroatoms. The van der Waals surface area contributed by atoms with Crippen molar-refractivity contribution in [1.29, 1.82) is 0 Å². The number of anilines is 2. The van der Waals surface area contributed by atoms with E-state index in [1.807, 2.05) is 18.2 Å². The molecule has 1 saturated heterocycles. The summed E-state index contributed by atoms with van der Waals surface area (Å²) >= 11 is 0. The number of benzene rings is 3. The Hall–Kier alpha value is -3.72. The lowest BCUT2D eigenvalue weighted by molar-refractivity contribution is 0.256. The third-order valence-electron chi connectivity index (χ3n) is 6.28. The zero-order valence-corrected chi connectivity index (χ0v) is 19.5. The summed E-state index contributed by atoms with van der Waals surface area (Å²) in [6, 6.07) is 12.7. The largest absolute Gasteiger partial charge is 0.505 e. The van der Waals surface area contributed by atoms with Gasteiger partial charge in [-0.2, -0.15) is 0 Å². The van der Waals surface area contributed by atoms with Crippen molar-refractivity contribution in [3.8, 4) is 23.0 Å². The number of phenols is 2. The number of fused-ring (bicyclic) bond motifs is 1. The van der Waals surface area contributed by atoms with E-state index in [9.17, 15) is 15.1 Å². The van der Waals surface area contributed by atoms with Crippen LogP contribution in [0, 0.1) is 4.91 Å². The van der Waals surface area contributed by atoms with Crippen LogP contribution in [-0.2, 0) is 0 Å². The van der Waals surface area contributed by atoms with E-state index < -0.39 is 0 Å². The Kier molecular flexibility index (Phi) is 7.22. The van der Waals surface area contributed by atoms with Crippen LogP contribution < -0.4 is 19.7 Å². The number of nitrogens with one attached hydrogen (secondary N) is 1. The van der Waals surface area contributed by atoms with Gasteiger partial charge in [0, 0.05) is 49.6 Å². The van der Waals surface area contributed by atoms with Crippen molar-refractivity contribution >= 4 is 27.8 Å². The first-order valence-electron chi connectivity index (χ1n) is 11.3. The Labute approximate surface area is 198 Å². The highest BCUT2D eigenvalue weighted by molar-refractivity contribution is 6.03. The van der Waals surface area contributed by atoms with Crippen molar-refractivity contribution in [3.05, 3.63) is 47.4 Å². The Bertz CT molecular complexity index is 1160. The van der Waals surface area contributed by atoms with E-state index in [0.29, 0.717) is 17.3 Å². The van der Waals surface area contributed by atoms with Crippen molar-refractivity contribution in [2.45, 2.75) is 6.42 Å². The highest BCUT2D eigenvalue weighted by atomic mass is 16.5. The lowest BCUT2D eigenvalue weighted by atomic mass is 10.1. The van der Waals surface area contributed by atoms with Gasteiger partial charge in [0.1, 0.15) is 22.9 Å². The highest BCUT2D eigenvalue weighted by Crippen LogP contribution is 2.48. The molecular weight excluding hydrogens is 436 g/mol. The lowest BCUT2D eigenvalue weighted by Gasteiger charge is -2.36. The Morgan fingerprint density at radius 2 is 1.68 bits per heavy atom. The molecule has 0 aliphatic carbocycles. The summed E-state index contributed by atoms with van der Waals surface area (Å²) in [4.78, 5) is 16.1. The molecule has 3 aromatic rings. The lowest BCUT2D eigenvalue weighted by Crippen LogP contribution is -2.47. The minimum Gasteiger partial charge on any atom is -0.505 e. The first-order chi connectivity index (χ1) is 16.6. The van der Waals surface area contributed by atoms with E-state index in [0.717, 1.165) is 56.3 Å². The molecule has 0 amide bonds.